The first-order chi connectivity index (χ1) is 6.60. The summed E-state index contributed by atoms with van der Waals surface area (Å²) in [7, 11) is 2.14. The Balaban J connectivity index is 2.91. The lowest BCUT2D eigenvalue weighted by molar-refractivity contribution is 0.399. The Kier molecular flexibility index (Phi) is 3.97. The zero-order valence-corrected chi connectivity index (χ0v) is 9.72. The molecule has 1 heterocycles. The molecule has 0 aromatic heterocycles. The average Bonchev–Trinajstić information content (AvgIpc) is 2.47. The van der Waals surface area contributed by atoms with E-state index in [2.05, 4.69) is 32.0 Å². The quantitative estimate of drug-likeness (QED) is 0.649. The van der Waals surface area contributed by atoms with Gasteiger partial charge < -0.3 is 4.90 Å². The van der Waals surface area contributed by atoms with E-state index < -0.39 is 0 Å². The topological polar surface area (TPSA) is 3.24 Å². The lowest BCUT2D eigenvalue weighted by Gasteiger charge is -2.16. The van der Waals surface area contributed by atoms with Crippen LogP contribution < -0.4 is 0 Å². The van der Waals surface area contributed by atoms with Crippen molar-refractivity contribution in [3.8, 4) is 0 Å². The zero-order valence-electron chi connectivity index (χ0n) is 8.96. The van der Waals surface area contributed by atoms with Crippen LogP contribution in [0.2, 0.25) is 0 Å². The van der Waals surface area contributed by atoms with Gasteiger partial charge in [-0.2, -0.15) is 0 Å². The Morgan fingerprint density at radius 2 is 2.00 bits per heavy atom. The van der Waals surface area contributed by atoms with Crippen molar-refractivity contribution in [2.45, 2.75) is 6.92 Å². The van der Waals surface area contributed by atoms with Crippen LogP contribution in [-0.4, -0.2) is 25.0 Å². The van der Waals surface area contributed by atoms with Crippen molar-refractivity contribution in [3.63, 3.8) is 0 Å². The first-order valence-corrected chi connectivity index (χ1v) is 5.31. The highest BCUT2D eigenvalue weighted by atomic mass is 35.5. The summed E-state index contributed by atoms with van der Waals surface area (Å²) in [4.78, 5) is 2.33. The predicted octanol–water partition coefficient (Wildman–Crippen LogP) is 3.05. The molecule has 0 saturated carbocycles. The second-order valence-corrected chi connectivity index (χ2v) is 4.42. The Labute approximate surface area is 91.7 Å². The number of likely N-dealkylation sites (tertiary alicyclic amines) is 1. The Morgan fingerprint density at radius 1 is 1.36 bits per heavy atom. The predicted molar refractivity (Wildman–Crippen MR) is 63.4 cm³/mol. The molecule has 0 aromatic rings. The van der Waals surface area contributed by atoms with Gasteiger partial charge in [-0.1, -0.05) is 43.8 Å². The Morgan fingerprint density at radius 3 is 2.36 bits per heavy atom. The lowest BCUT2D eigenvalue weighted by atomic mass is 9.89. The van der Waals surface area contributed by atoms with Gasteiger partial charge in [-0.25, -0.2) is 0 Å². The SMILES string of the molecule is C=C/C(Cl)=C(\C=C)C1CN(C)CC1C. The molecule has 1 saturated heterocycles. The standard InChI is InChI=1S/C12H18ClN/c1-5-10(12(13)6-2)11-8-14(4)7-9(11)3/h5-6,9,11H,1-2,7-8H2,3-4H3/b12-10-. The summed E-state index contributed by atoms with van der Waals surface area (Å²) in [6.07, 6.45) is 3.56. The summed E-state index contributed by atoms with van der Waals surface area (Å²) in [6.45, 7) is 12.0. The van der Waals surface area contributed by atoms with Crippen LogP contribution in [0, 0.1) is 11.8 Å². The number of allylic oxidation sites excluding steroid dienone is 3. The van der Waals surface area contributed by atoms with Crippen LogP contribution in [0.4, 0.5) is 0 Å². The molecule has 0 N–H and O–H groups in total. The number of halogens is 1. The molecular formula is C12H18ClN. The van der Waals surface area contributed by atoms with Crippen LogP contribution in [0.5, 0.6) is 0 Å². The number of hydrogen-bond acceptors (Lipinski definition) is 1. The van der Waals surface area contributed by atoms with Gasteiger partial charge in [-0.15, -0.1) is 0 Å². The van der Waals surface area contributed by atoms with Crippen molar-refractivity contribution in [1.82, 2.24) is 4.90 Å². The molecule has 0 aromatic carbocycles. The van der Waals surface area contributed by atoms with Gasteiger partial charge in [0.1, 0.15) is 0 Å². The molecule has 1 rings (SSSR count). The maximum Gasteiger partial charge on any atom is 0.0435 e. The van der Waals surface area contributed by atoms with E-state index in [9.17, 15) is 0 Å². The van der Waals surface area contributed by atoms with Crippen molar-refractivity contribution in [3.05, 3.63) is 35.9 Å². The molecule has 1 aliphatic rings. The highest BCUT2D eigenvalue weighted by Gasteiger charge is 2.29. The van der Waals surface area contributed by atoms with E-state index in [1.54, 1.807) is 6.08 Å². The number of hydrogen-bond donors (Lipinski definition) is 0. The first kappa shape index (κ1) is 11.5. The molecule has 2 unspecified atom stereocenters. The maximum absolute atomic E-state index is 6.10. The van der Waals surface area contributed by atoms with Crippen molar-refractivity contribution in [1.29, 1.82) is 0 Å². The molecule has 1 fully saturated rings. The minimum Gasteiger partial charge on any atom is -0.305 e. The molecule has 14 heavy (non-hydrogen) atoms. The summed E-state index contributed by atoms with van der Waals surface area (Å²) >= 11 is 6.10. The second kappa shape index (κ2) is 4.81. The van der Waals surface area contributed by atoms with Gasteiger partial charge in [0.25, 0.3) is 0 Å². The van der Waals surface area contributed by atoms with E-state index in [0.29, 0.717) is 11.8 Å². The van der Waals surface area contributed by atoms with Crippen LogP contribution >= 0.6 is 11.6 Å². The minimum atomic E-state index is 0.503. The largest absolute Gasteiger partial charge is 0.305 e. The lowest BCUT2D eigenvalue weighted by Crippen LogP contribution is -2.14. The van der Waals surface area contributed by atoms with Crippen LogP contribution in [0.15, 0.2) is 35.9 Å². The molecule has 1 nitrogen and oxygen atoms in total. The number of nitrogens with zero attached hydrogens (tertiary/aromatic N) is 1. The van der Waals surface area contributed by atoms with Crippen molar-refractivity contribution in [2.24, 2.45) is 11.8 Å². The van der Waals surface area contributed by atoms with E-state index in [1.165, 1.54) is 0 Å². The van der Waals surface area contributed by atoms with Crippen molar-refractivity contribution < 1.29 is 0 Å². The normalized spacial score (nSPS) is 29.9. The fraction of sp³-hybridized carbons (Fsp3) is 0.500. The van der Waals surface area contributed by atoms with Crippen LogP contribution in [-0.2, 0) is 0 Å². The van der Waals surface area contributed by atoms with E-state index in [4.69, 9.17) is 11.6 Å². The smallest absolute Gasteiger partial charge is 0.0435 e. The first-order valence-electron chi connectivity index (χ1n) is 4.93. The molecular weight excluding hydrogens is 194 g/mol. The second-order valence-electron chi connectivity index (χ2n) is 4.02. The van der Waals surface area contributed by atoms with E-state index in [0.717, 1.165) is 23.7 Å². The zero-order chi connectivity index (χ0) is 10.7. The molecule has 0 radical (unpaired) electrons. The highest BCUT2D eigenvalue weighted by molar-refractivity contribution is 6.31. The summed E-state index contributed by atoms with van der Waals surface area (Å²) in [6, 6.07) is 0. The molecule has 2 heteroatoms. The van der Waals surface area contributed by atoms with Crippen LogP contribution in [0.25, 0.3) is 0 Å². The molecule has 0 amide bonds. The third kappa shape index (κ3) is 2.28. The molecule has 0 aliphatic carbocycles. The van der Waals surface area contributed by atoms with Gasteiger partial charge in [-0.3, -0.25) is 0 Å². The van der Waals surface area contributed by atoms with Gasteiger partial charge in [0, 0.05) is 24.0 Å². The van der Waals surface area contributed by atoms with E-state index >= 15 is 0 Å². The van der Waals surface area contributed by atoms with Crippen molar-refractivity contribution in [2.75, 3.05) is 20.1 Å². The van der Waals surface area contributed by atoms with Crippen LogP contribution in [0.3, 0.4) is 0 Å². The van der Waals surface area contributed by atoms with Gasteiger partial charge in [0.05, 0.1) is 0 Å². The number of rotatable bonds is 3. The Hall–Kier alpha value is -0.530. The summed E-state index contributed by atoms with van der Waals surface area (Å²) in [5.41, 5.74) is 1.14. The molecule has 2 atom stereocenters. The van der Waals surface area contributed by atoms with Gasteiger partial charge >= 0.3 is 0 Å². The van der Waals surface area contributed by atoms with Gasteiger partial charge in [-0.05, 0) is 18.5 Å². The maximum atomic E-state index is 6.10. The van der Waals surface area contributed by atoms with Gasteiger partial charge in [0.15, 0.2) is 0 Å². The summed E-state index contributed by atoms with van der Waals surface area (Å²) in [5.74, 6) is 1.14. The third-order valence-electron chi connectivity index (χ3n) is 2.87. The Bertz CT molecular complexity index is 267. The average molecular weight is 212 g/mol. The monoisotopic (exact) mass is 211 g/mol. The molecule has 78 valence electrons. The van der Waals surface area contributed by atoms with Crippen molar-refractivity contribution >= 4 is 11.6 Å². The molecule has 1 aliphatic heterocycles. The molecule has 0 spiro atoms. The summed E-state index contributed by atoms with van der Waals surface area (Å²) < 4.78 is 0. The summed E-state index contributed by atoms with van der Waals surface area (Å²) in [5, 5.41) is 0.743. The fourth-order valence-electron chi connectivity index (χ4n) is 2.16. The van der Waals surface area contributed by atoms with E-state index in [1.807, 2.05) is 6.08 Å². The third-order valence-corrected chi connectivity index (χ3v) is 3.24. The van der Waals surface area contributed by atoms with Gasteiger partial charge in [0.2, 0.25) is 0 Å². The fourth-order valence-corrected chi connectivity index (χ4v) is 2.38. The van der Waals surface area contributed by atoms with Crippen LogP contribution in [0.1, 0.15) is 6.92 Å². The minimum absolute atomic E-state index is 0.503. The highest BCUT2D eigenvalue weighted by Crippen LogP contribution is 2.32. The van der Waals surface area contributed by atoms with E-state index in [-0.39, 0.29) is 0 Å². The molecule has 0 bridgehead atoms.